The van der Waals surface area contributed by atoms with Crippen LogP contribution in [-0.2, 0) is 9.53 Å². The molecule has 2 rings (SSSR count). The Kier molecular flexibility index (Phi) is 5.93. The van der Waals surface area contributed by atoms with E-state index in [0.29, 0.717) is 0 Å². The molecule has 0 aliphatic rings. The number of carbonyl (C=O) groups excluding carboxylic acids is 2. The van der Waals surface area contributed by atoms with Gasteiger partial charge in [0.25, 0.3) is 5.91 Å². The van der Waals surface area contributed by atoms with Gasteiger partial charge in [0.05, 0.1) is 11.6 Å². The summed E-state index contributed by atoms with van der Waals surface area (Å²) in [5.74, 6) is -2.16. The molecule has 1 N–H and O–H groups in total. The number of aryl methyl sites for hydroxylation is 1. The van der Waals surface area contributed by atoms with Gasteiger partial charge in [-0.15, -0.1) is 0 Å². The molecule has 0 aromatic heterocycles. The number of benzene rings is 2. The number of amides is 1. The molecule has 2 aromatic rings. The summed E-state index contributed by atoms with van der Waals surface area (Å²) in [5.41, 5.74) is 1.75. The third-order valence-electron chi connectivity index (χ3n) is 3.44. The van der Waals surface area contributed by atoms with Crippen LogP contribution < -0.4 is 5.32 Å². The molecule has 0 fully saturated rings. The molecule has 0 radical (unpaired) electrons. The predicted octanol–water partition coefficient (Wildman–Crippen LogP) is 3.82. The van der Waals surface area contributed by atoms with Gasteiger partial charge < -0.3 is 10.1 Å². The maximum atomic E-state index is 13.5. The van der Waals surface area contributed by atoms with Gasteiger partial charge >= 0.3 is 5.97 Å². The number of hydrogen-bond acceptors (Lipinski definition) is 3. The van der Waals surface area contributed by atoms with Gasteiger partial charge in [0, 0.05) is 5.02 Å². The highest BCUT2D eigenvalue weighted by Crippen LogP contribution is 2.16. The van der Waals surface area contributed by atoms with Crippen molar-refractivity contribution in [3.05, 3.63) is 70.0 Å². The van der Waals surface area contributed by atoms with Gasteiger partial charge in [-0.1, -0.05) is 41.4 Å². The standard InChI is InChI=1S/C18H17ClFNO3/c1-11-3-5-13(6-4-11)12(2)21-17(22)10-24-18(23)15-9-14(19)7-8-16(15)20/h3-9,12H,10H2,1-2H3,(H,21,22)/t12-/m0/s1. The van der Waals surface area contributed by atoms with E-state index in [1.54, 1.807) is 0 Å². The van der Waals surface area contributed by atoms with E-state index in [-0.39, 0.29) is 16.6 Å². The first-order valence-electron chi connectivity index (χ1n) is 7.35. The van der Waals surface area contributed by atoms with Crippen molar-refractivity contribution in [3.63, 3.8) is 0 Å². The molecule has 1 amide bonds. The third kappa shape index (κ3) is 4.80. The second kappa shape index (κ2) is 7.93. The first-order chi connectivity index (χ1) is 11.4. The highest BCUT2D eigenvalue weighted by molar-refractivity contribution is 6.30. The van der Waals surface area contributed by atoms with Gasteiger partial charge in [-0.05, 0) is 37.6 Å². The van der Waals surface area contributed by atoms with Gasteiger partial charge in [-0.25, -0.2) is 9.18 Å². The van der Waals surface area contributed by atoms with Crippen LogP contribution in [-0.4, -0.2) is 18.5 Å². The largest absolute Gasteiger partial charge is 0.452 e. The summed E-state index contributed by atoms with van der Waals surface area (Å²) in [7, 11) is 0. The zero-order chi connectivity index (χ0) is 17.7. The maximum Gasteiger partial charge on any atom is 0.341 e. The first-order valence-corrected chi connectivity index (χ1v) is 7.72. The summed E-state index contributed by atoms with van der Waals surface area (Å²) in [6, 6.07) is 11.0. The normalized spacial score (nSPS) is 11.7. The molecule has 0 saturated carbocycles. The molecule has 126 valence electrons. The van der Waals surface area contributed by atoms with Crippen molar-refractivity contribution in [2.45, 2.75) is 19.9 Å². The highest BCUT2D eigenvalue weighted by Gasteiger charge is 2.16. The van der Waals surface area contributed by atoms with E-state index < -0.39 is 24.3 Å². The summed E-state index contributed by atoms with van der Waals surface area (Å²) >= 11 is 5.72. The number of hydrogen-bond donors (Lipinski definition) is 1. The third-order valence-corrected chi connectivity index (χ3v) is 3.67. The van der Waals surface area contributed by atoms with Crippen LogP contribution in [0.3, 0.4) is 0 Å². The van der Waals surface area contributed by atoms with E-state index in [0.717, 1.165) is 23.3 Å². The minimum atomic E-state index is -0.937. The molecule has 1 atom stereocenters. The number of halogens is 2. The Morgan fingerprint density at radius 2 is 1.88 bits per heavy atom. The maximum absolute atomic E-state index is 13.5. The second-order valence-corrected chi connectivity index (χ2v) is 5.84. The minimum Gasteiger partial charge on any atom is -0.452 e. The highest BCUT2D eigenvalue weighted by atomic mass is 35.5. The molecule has 0 unspecified atom stereocenters. The summed E-state index contributed by atoms with van der Waals surface area (Å²) < 4.78 is 18.4. The van der Waals surface area contributed by atoms with Crippen LogP contribution in [0.2, 0.25) is 5.02 Å². The van der Waals surface area contributed by atoms with Crippen molar-refractivity contribution in [2.75, 3.05) is 6.61 Å². The van der Waals surface area contributed by atoms with Crippen LogP contribution in [0, 0.1) is 12.7 Å². The average Bonchev–Trinajstić information content (AvgIpc) is 2.55. The van der Waals surface area contributed by atoms with E-state index >= 15 is 0 Å². The molecule has 6 heteroatoms. The zero-order valence-corrected chi connectivity index (χ0v) is 14.1. The van der Waals surface area contributed by atoms with Crippen LogP contribution in [0.25, 0.3) is 0 Å². The summed E-state index contributed by atoms with van der Waals surface area (Å²) in [4.78, 5) is 23.7. The fourth-order valence-electron chi connectivity index (χ4n) is 2.08. The average molecular weight is 350 g/mol. The van der Waals surface area contributed by atoms with Crippen molar-refractivity contribution in [3.8, 4) is 0 Å². The number of esters is 1. The fourth-order valence-corrected chi connectivity index (χ4v) is 2.26. The topological polar surface area (TPSA) is 55.4 Å². The zero-order valence-electron chi connectivity index (χ0n) is 13.3. The molecule has 2 aromatic carbocycles. The molecule has 4 nitrogen and oxygen atoms in total. The quantitative estimate of drug-likeness (QED) is 0.835. The second-order valence-electron chi connectivity index (χ2n) is 5.40. The lowest BCUT2D eigenvalue weighted by Gasteiger charge is -2.14. The van der Waals surface area contributed by atoms with Crippen LogP contribution >= 0.6 is 11.6 Å². The molecular formula is C18H17ClFNO3. The van der Waals surface area contributed by atoms with Crippen molar-refractivity contribution < 1.29 is 18.7 Å². The van der Waals surface area contributed by atoms with Gasteiger partial charge in [-0.2, -0.15) is 0 Å². The van der Waals surface area contributed by atoms with Crippen LogP contribution in [0.15, 0.2) is 42.5 Å². The molecule has 0 saturated heterocycles. The van der Waals surface area contributed by atoms with Crippen molar-refractivity contribution >= 4 is 23.5 Å². The molecule has 24 heavy (non-hydrogen) atoms. The lowest BCUT2D eigenvalue weighted by Crippen LogP contribution is -2.31. The number of ether oxygens (including phenoxy) is 1. The Hall–Kier alpha value is -2.40. The molecular weight excluding hydrogens is 333 g/mol. The fraction of sp³-hybridized carbons (Fsp3) is 0.222. The van der Waals surface area contributed by atoms with Gasteiger partial charge in [0.1, 0.15) is 5.82 Å². The van der Waals surface area contributed by atoms with Crippen LogP contribution in [0.5, 0.6) is 0 Å². The lowest BCUT2D eigenvalue weighted by molar-refractivity contribution is -0.124. The van der Waals surface area contributed by atoms with Crippen molar-refractivity contribution in [1.82, 2.24) is 5.32 Å². The SMILES string of the molecule is Cc1ccc([C@H](C)NC(=O)COC(=O)c2cc(Cl)ccc2F)cc1. The number of rotatable bonds is 5. The first kappa shape index (κ1) is 17.9. The van der Waals surface area contributed by atoms with E-state index in [2.05, 4.69) is 5.32 Å². The monoisotopic (exact) mass is 349 g/mol. The molecule has 0 heterocycles. The molecule has 0 spiro atoms. The summed E-state index contributed by atoms with van der Waals surface area (Å²) in [5, 5.41) is 2.92. The summed E-state index contributed by atoms with van der Waals surface area (Å²) in [6.07, 6.45) is 0. The number of nitrogens with one attached hydrogen (secondary N) is 1. The Balaban J connectivity index is 1.89. The molecule has 0 aliphatic carbocycles. The van der Waals surface area contributed by atoms with Gasteiger partial charge in [0.2, 0.25) is 0 Å². The van der Waals surface area contributed by atoms with E-state index in [1.807, 2.05) is 38.1 Å². The Morgan fingerprint density at radius 1 is 1.21 bits per heavy atom. The number of carbonyl (C=O) groups is 2. The van der Waals surface area contributed by atoms with Crippen LogP contribution in [0.4, 0.5) is 4.39 Å². The molecule has 0 bridgehead atoms. The smallest absolute Gasteiger partial charge is 0.341 e. The predicted molar refractivity (Wildman–Crippen MR) is 89.4 cm³/mol. The van der Waals surface area contributed by atoms with E-state index in [9.17, 15) is 14.0 Å². The van der Waals surface area contributed by atoms with Gasteiger partial charge in [0.15, 0.2) is 6.61 Å². The lowest BCUT2D eigenvalue weighted by atomic mass is 10.1. The molecule has 0 aliphatic heterocycles. The summed E-state index contributed by atoms with van der Waals surface area (Å²) in [6.45, 7) is 3.30. The van der Waals surface area contributed by atoms with Crippen LogP contribution in [0.1, 0.15) is 34.5 Å². The van der Waals surface area contributed by atoms with Crippen molar-refractivity contribution in [2.24, 2.45) is 0 Å². The van der Waals surface area contributed by atoms with Gasteiger partial charge in [-0.3, -0.25) is 4.79 Å². The Morgan fingerprint density at radius 3 is 2.54 bits per heavy atom. The van der Waals surface area contributed by atoms with E-state index in [4.69, 9.17) is 16.3 Å². The van der Waals surface area contributed by atoms with E-state index in [1.165, 1.54) is 6.07 Å². The van der Waals surface area contributed by atoms with Crippen molar-refractivity contribution in [1.29, 1.82) is 0 Å². The minimum absolute atomic E-state index is 0.209. The Bertz CT molecular complexity index is 746. The Labute approximate surface area is 144 Å².